The highest BCUT2D eigenvalue weighted by Crippen LogP contribution is 2.23. The van der Waals surface area contributed by atoms with Crippen molar-refractivity contribution in [3.05, 3.63) is 48.6 Å². The van der Waals surface area contributed by atoms with Crippen LogP contribution in [0.3, 0.4) is 0 Å². The second kappa shape index (κ2) is 3.55. The lowest BCUT2D eigenvalue weighted by Gasteiger charge is -2.21. The van der Waals surface area contributed by atoms with Gasteiger partial charge in [-0.2, -0.15) is 0 Å². The van der Waals surface area contributed by atoms with E-state index >= 15 is 0 Å². The van der Waals surface area contributed by atoms with E-state index in [2.05, 4.69) is 6.58 Å². The van der Waals surface area contributed by atoms with Crippen LogP contribution in [-0.4, -0.2) is 5.11 Å². The third kappa shape index (κ3) is 1.95. The molecule has 1 heteroatoms. The minimum absolute atomic E-state index is 0.580. The maximum atomic E-state index is 9.91. The van der Waals surface area contributed by atoms with Gasteiger partial charge in [0.25, 0.3) is 0 Å². The SMILES string of the molecule is C=CC[C@@](C)(O)c1ccccc1. The molecule has 0 saturated carbocycles. The molecule has 0 amide bonds. The van der Waals surface area contributed by atoms with Crippen molar-refractivity contribution in [1.82, 2.24) is 0 Å². The van der Waals surface area contributed by atoms with Gasteiger partial charge in [0.05, 0.1) is 5.60 Å². The molecule has 1 atom stereocenters. The number of hydrogen-bond donors (Lipinski definition) is 1. The van der Waals surface area contributed by atoms with Gasteiger partial charge in [-0.05, 0) is 18.9 Å². The van der Waals surface area contributed by atoms with Crippen LogP contribution in [0, 0.1) is 0 Å². The molecule has 12 heavy (non-hydrogen) atoms. The molecule has 0 saturated heterocycles. The smallest absolute Gasteiger partial charge is 0.0902 e. The van der Waals surface area contributed by atoms with Crippen LogP contribution in [0.25, 0.3) is 0 Å². The van der Waals surface area contributed by atoms with E-state index < -0.39 is 5.60 Å². The zero-order chi connectivity index (χ0) is 9.03. The molecule has 64 valence electrons. The van der Waals surface area contributed by atoms with E-state index in [9.17, 15) is 5.11 Å². The summed E-state index contributed by atoms with van der Waals surface area (Å²) in [6, 6.07) is 9.63. The summed E-state index contributed by atoms with van der Waals surface area (Å²) in [4.78, 5) is 0. The van der Waals surface area contributed by atoms with E-state index in [0.717, 1.165) is 5.56 Å². The monoisotopic (exact) mass is 162 g/mol. The highest BCUT2D eigenvalue weighted by Gasteiger charge is 2.19. The van der Waals surface area contributed by atoms with Crippen LogP contribution in [0.1, 0.15) is 18.9 Å². The maximum absolute atomic E-state index is 9.91. The Hall–Kier alpha value is -1.08. The Morgan fingerprint density at radius 3 is 2.50 bits per heavy atom. The van der Waals surface area contributed by atoms with Crippen molar-refractivity contribution in [2.45, 2.75) is 18.9 Å². The lowest BCUT2D eigenvalue weighted by atomic mass is 9.93. The average Bonchev–Trinajstić information content (AvgIpc) is 2.06. The van der Waals surface area contributed by atoms with Crippen molar-refractivity contribution >= 4 is 0 Å². The topological polar surface area (TPSA) is 20.2 Å². The van der Waals surface area contributed by atoms with Gasteiger partial charge >= 0.3 is 0 Å². The molecule has 0 bridgehead atoms. The van der Waals surface area contributed by atoms with Crippen LogP contribution >= 0.6 is 0 Å². The predicted octanol–water partition coefficient (Wildman–Crippen LogP) is 2.47. The molecule has 0 spiro atoms. The summed E-state index contributed by atoms with van der Waals surface area (Å²) in [5.41, 5.74) is 0.160. The fourth-order valence-electron chi connectivity index (χ4n) is 1.20. The zero-order valence-electron chi connectivity index (χ0n) is 7.33. The normalized spacial score (nSPS) is 15.2. The van der Waals surface area contributed by atoms with Crippen molar-refractivity contribution < 1.29 is 5.11 Å². The van der Waals surface area contributed by atoms with Crippen LogP contribution in [0.2, 0.25) is 0 Å². The van der Waals surface area contributed by atoms with Crippen molar-refractivity contribution in [3.63, 3.8) is 0 Å². The predicted molar refractivity (Wildman–Crippen MR) is 50.8 cm³/mol. The van der Waals surface area contributed by atoms with E-state index in [1.165, 1.54) is 0 Å². The first-order chi connectivity index (χ1) is 5.67. The summed E-state index contributed by atoms with van der Waals surface area (Å²) < 4.78 is 0. The van der Waals surface area contributed by atoms with Gasteiger partial charge in [-0.3, -0.25) is 0 Å². The van der Waals surface area contributed by atoms with Gasteiger partial charge in [-0.1, -0.05) is 36.4 Å². The molecule has 0 heterocycles. The van der Waals surface area contributed by atoms with Crippen LogP contribution in [0.4, 0.5) is 0 Å². The molecule has 0 aliphatic rings. The number of hydrogen-bond acceptors (Lipinski definition) is 1. The lowest BCUT2D eigenvalue weighted by molar-refractivity contribution is 0.0606. The first-order valence-electron chi connectivity index (χ1n) is 4.05. The van der Waals surface area contributed by atoms with Crippen molar-refractivity contribution in [2.24, 2.45) is 0 Å². The molecule has 1 aromatic rings. The summed E-state index contributed by atoms with van der Waals surface area (Å²) in [6.07, 6.45) is 2.31. The molecule has 1 N–H and O–H groups in total. The third-order valence-electron chi connectivity index (χ3n) is 1.94. The minimum Gasteiger partial charge on any atom is -0.385 e. The summed E-state index contributed by atoms with van der Waals surface area (Å²) in [5, 5.41) is 9.91. The zero-order valence-corrected chi connectivity index (χ0v) is 7.33. The Balaban J connectivity index is 2.89. The highest BCUT2D eigenvalue weighted by molar-refractivity contribution is 5.21. The lowest BCUT2D eigenvalue weighted by Crippen LogP contribution is -2.19. The summed E-state index contributed by atoms with van der Waals surface area (Å²) in [5.74, 6) is 0. The van der Waals surface area contributed by atoms with Crippen LogP contribution in [0.15, 0.2) is 43.0 Å². The van der Waals surface area contributed by atoms with Gasteiger partial charge in [-0.15, -0.1) is 6.58 Å². The number of aliphatic hydroxyl groups is 1. The molecule has 0 fully saturated rings. The second-order valence-corrected chi connectivity index (χ2v) is 3.13. The second-order valence-electron chi connectivity index (χ2n) is 3.13. The van der Waals surface area contributed by atoms with Crippen LogP contribution in [-0.2, 0) is 5.60 Å². The minimum atomic E-state index is -0.775. The van der Waals surface area contributed by atoms with E-state index in [0.29, 0.717) is 6.42 Å². The van der Waals surface area contributed by atoms with Gasteiger partial charge in [0.1, 0.15) is 0 Å². The van der Waals surface area contributed by atoms with Crippen molar-refractivity contribution in [3.8, 4) is 0 Å². The van der Waals surface area contributed by atoms with Gasteiger partial charge in [-0.25, -0.2) is 0 Å². The molecule has 0 aliphatic carbocycles. The Morgan fingerprint density at radius 1 is 1.42 bits per heavy atom. The molecule has 0 aliphatic heterocycles. The quantitative estimate of drug-likeness (QED) is 0.677. The Kier molecular flexibility index (Phi) is 2.66. The molecule has 0 aromatic heterocycles. The highest BCUT2D eigenvalue weighted by atomic mass is 16.3. The van der Waals surface area contributed by atoms with Crippen molar-refractivity contribution in [2.75, 3.05) is 0 Å². The van der Waals surface area contributed by atoms with Gasteiger partial charge in [0, 0.05) is 0 Å². The molecule has 1 aromatic carbocycles. The molecule has 1 nitrogen and oxygen atoms in total. The standard InChI is InChI=1S/C11H14O/c1-3-9-11(2,12)10-7-5-4-6-8-10/h3-8,12H,1,9H2,2H3/t11-/m1/s1. The summed E-state index contributed by atoms with van der Waals surface area (Å²) in [7, 11) is 0. The van der Waals surface area contributed by atoms with Gasteiger partial charge in [0.15, 0.2) is 0 Å². The number of benzene rings is 1. The van der Waals surface area contributed by atoms with Gasteiger partial charge in [0.2, 0.25) is 0 Å². The Labute approximate surface area is 73.4 Å². The van der Waals surface area contributed by atoms with E-state index in [1.54, 1.807) is 13.0 Å². The van der Waals surface area contributed by atoms with E-state index in [1.807, 2.05) is 30.3 Å². The fourth-order valence-corrected chi connectivity index (χ4v) is 1.20. The van der Waals surface area contributed by atoms with Crippen molar-refractivity contribution in [1.29, 1.82) is 0 Å². The Morgan fingerprint density at radius 2 is 2.00 bits per heavy atom. The average molecular weight is 162 g/mol. The first-order valence-corrected chi connectivity index (χ1v) is 4.05. The maximum Gasteiger partial charge on any atom is 0.0902 e. The number of rotatable bonds is 3. The summed E-state index contributed by atoms with van der Waals surface area (Å²) in [6.45, 7) is 5.41. The molecule has 0 radical (unpaired) electrons. The van der Waals surface area contributed by atoms with Crippen LogP contribution in [0.5, 0.6) is 0 Å². The molecule has 0 unspecified atom stereocenters. The van der Waals surface area contributed by atoms with E-state index in [-0.39, 0.29) is 0 Å². The third-order valence-corrected chi connectivity index (χ3v) is 1.94. The Bertz CT molecular complexity index is 249. The van der Waals surface area contributed by atoms with Crippen LogP contribution < -0.4 is 0 Å². The van der Waals surface area contributed by atoms with E-state index in [4.69, 9.17) is 0 Å². The first kappa shape index (κ1) is 9.01. The largest absolute Gasteiger partial charge is 0.385 e. The molecular weight excluding hydrogens is 148 g/mol. The fraction of sp³-hybridized carbons (Fsp3) is 0.273. The van der Waals surface area contributed by atoms with Gasteiger partial charge < -0.3 is 5.11 Å². The molecule has 1 rings (SSSR count). The molecular formula is C11H14O. The summed E-state index contributed by atoms with van der Waals surface area (Å²) >= 11 is 0.